The van der Waals surface area contributed by atoms with Gasteiger partial charge in [-0.2, -0.15) is 0 Å². The van der Waals surface area contributed by atoms with Crippen molar-refractivity contribution in [2.24, 2.45) is 0 Å². The Morgan fingerprint density at radius 1 is 0.775 bits per heavy atom. The molecule has 0 saturated carbocycles. The molecule has 0 fully saturated rings. The molecule has 0 atom stereocenters. The predicted molar refractivity (Wildman–Crippen MR) is 174 cm³/mol. The Morgan fingerprint density at radius 3 is 1.73 bits per heavy atom. The van der Waals surface area contributed by atoms with E-state index in [0.717, 1.165) is 54.9 Å². The Labute approximate surface area is 248 Å². The number of amides is 1. The maximum Gasteiger partial charge on any atom is 0.469 e. The number of carboxylic acids is 1. The number of benzene rings is 1. The van der Waals surface area contributed by atoms with E-state index in [2.05, 4.69) is 78.3 Å². The van der Waals surface area contributed by atoms with Crippen LogP contribution in [0.1, 0.15) is 48.0 Å². The summed E-state index contributed by atoms with van der Waals surface area (Å²) in [5.41, 5.74) is 1.44. The lowest BCUT2D eigenvalue weighted by Gasteiger charge is -2.43. The third kappa shape index (κ3) is 17.0. The van der Waals surface area contributed by atoms with Gasteiger partial charge in [0.2, 0.25) is 5.91 Å². The summed E-state index contributed by atoms with van der Waals surface area (Å²) in [4.78, 5) is 23.6. The zero-order valence-corrected chi connectivity index (χ0v) is 31.1. The highest BCUT2D eigenvalue weighted by atomic mass is 28.5. The van der Waals surface area contributed by atoms with E-state index in [1.54, 1.807) is 12.1 Å². The van der Waals surface area contributed by atoms with E-state index in [1.165, 1.54) is 0 Å². The second-order valence-corrected chi connectivity index (χ2v) is 31.4. The van der Waals surface area contributed by atoms with Crippen LogP contribution < -0.4 is 5.32 Å². The molecule has 1 amide bonds. The first-order chi connectivity index (χ1) is 18.1. The summed E-state index contributed by atoms with van der Waals surface area (Å²) in [6.45, 7) is 22.2. The molecule has 0 aliphatic heterocycles. The number of carboxylic acid groups (broad SMARTS) is 1. The number of carbonyl (C=O) groups is 2. The number of hydrogen-bond donors (Lipinski definition) is 2. The van der Waals surface area contributed by atoms with Crippen molar-refractivity contribution in [3.05, 3.63) is 35.4 Å². The number of nitrogens with one attached hydrogen (secondary N) is 1. The lowest BCUT2D eigenvalue weighted by atomic mass is 10.1. The summed E-state index contributed by atoms with van der Waals surface area (Å²) in [7, 11) is -4.18. The van der Waals surface area contributed by atoms with Crippen molar-refractivity contribution < 1.29 is 31.5 Å². The smallest absolute Gasteiger partial charge is 0.469 e. The molecule has 0 saturated heterocycles. The van der Waals surface area contributed by atoms with Crippen molar-refractivity contribution in [1.82, 2.24) is 5.32 Å². The average molecular weight is 630 g/mol. The van der Waals surface area contributed by atoms with E-state index in [1.807, 2.05) is 12.1 Å². The SMILES string of the molecule is C[N+](C)(CCCCCC(=O)NCCC[Si](O[Si](C)(C)C)(O[Si](C)(C)C)O[Si](C)(C)C)Cc1ccc(C(=O)O)cc1. The Hall–Kier alpha value is -1.13. The van der Waals surface area contributed by atoms with Crippen molar-refractivity contribution in [2.75, 3.05) is 27.2 Å². The van der Waals surface area contributed by atoms with Gasteiger partial charge in [0.05, 0.1) is 26.2 Å². The zero-order valence-electron chi connectivity index (χ0n) is 27.1. The van der Waals surface area contributed by atoms with Crippen LogP contribution >= 0.6 is 0 Å². The van der Waals surface area contributed by atoms with E-state index in [0.29, 0.717) is 18.5 Å². The number of quaternary nitrogens is 1. The van der Waals surface area contributed by atoms with E-state index in [-0.39, 0.29) is 5.91 Å². The van der Waals surface area contributed by atoms with Gasteiger partial charge in [0.15, 0.2) is 25.0 Å². The van der Waals surface area contributed by atoms with Gasteiger partial charge in [0.25, 0.3) is 0 Å². The first kappa shape index (κ1) is 36.9. The van der Waals surface area contributed by atoms with Gasteiger partial charge in [-0.3, -0.25) is 4.79 Å². The molecule has 1 aromatic rings. The van der Waals surface area contributed by atoms with Gasteiger partial charge in [0.1, 0.15) is 6.54 Å². The number of unbranched alkanes of at least 4 members (excludes halogenated alkanes) is 2. The standard InChI is InChI=1S/C28H56N2O6Si4/c1-30(2,24-25-17-19-26(20-18-25)28(32)33)22-14-12-13-16-27(31)29-21-15-23-40(34-37(3,4)5,35-38(6,7)8)36-39(9,10)11/h17-20H,12-16,21-24H2,1-11H3,(H-,29,31,32,33)/p+1. The Kier molecular flexibility index (Phi) is 14.2. The minimum Gasteiger partial charge on any atom is -0.478 e. The monoisotopic (exact) mass is 629 g/mol. The highest BCUT2D eigenvalue weighted by molar-refractivity contribution is 6.90. The van der Waals surface area contributed by atoms with Crippen molar-refractivity contribution in [3.63, 3.8) is 0 Å². The Morgan fingerprint density at radius 2 is 1.27 bits per heavy atom. The highest BCUT2D eigenvalue weighted by Gasteiger charge is 2.49. The minimum absolute atomic E-state index is 0.0999. The van der Waals surface area contributed by atoms with Gasteiger partial charge >= 0.3 is 14.8 Å². The van der Waals surface area contributed by atoms with Crippen LogP contribution in [0.4, 0.5) is 0 Å². The fourth-order valence-corrected chi connectivity index (χ4v) is 19.2. The molecule has 0 spiro atoms. The molecule has 0 bridgehead atoms. The molecular weight excluding hydrogens is 573 g/mol. The van der Waals surface area contributed by atoms with E-state index < -0.39 is 39.7 Å². The molecule has 2 N–H and O–H groups in total. The summed E-state index contributed by atoms with van der Waals surface area (Å²) in [6, 6.07) is 7.85. The quantitative estimate of drug-likeness (QED) is 0.103. The van der Waals surface area contributed by atoms with Gasteiger partial charge in [-0.1, -0.05) is 12.1 Å². The van der Waals surface area contributed by atoms with Crippen LogP contribution in [0.15, 0.2) is 24.3 Å². The van der Waals surface area contributed by atoms with Gasteiger partial charge in [-0.25, -0.2) is 4.79 Å². The predicted octanol–water partition coefficient (Wildman–Crippen LogP) is 6.52. The minimum atomic E-state index is -2.86. The second-order valence-electron chi connectivity index (χ2n) is 14.4. The molecule has 0 aliphatic carbocycles. The van der Waals surface area contributed by atoms with E-state index in [4.69, 9.17) is 17.5 Å². The Balaban J connectivity index is 2.48. The van der Waals surface area contributed by atoms with Crippen LogP contribution in [0.25, 0.3) is 0 Å². The topological polar surface area (TPSA) is 94.1 Å². The van der Waals surface area contributed by atoms with Gasteiger partial charge in [-0.15, -0.1) is 0 Å². The van der Waals surface area contributed by atoms with Crippen molar-refractivity contribution in [1.29, 1.82) is 0 Å². The number of nitrogens with zero attached hydrogens (tertiary/aromatic N) is 1. The van der Waals surface area contributed by atoms with Crippen LogP contribution in [0.5, 0.6) is 0 Å². The fourth-order valence-electron chi connectivity index (χ4n) is 4.56. The Bertz CT molecular complexity index is 897. The van der Waals surface area contributed by atoms with Gasteiger partial charge in [-0.05, 0) is 96.7 Å². The normalized spacial score (nSPS) is 13.4. The molecule has 40 heavy (non-hydrogen) atoms. The van der Waals surface area contributed by atoms with Gasteiger partial charge in [0, 0.05) is 24.6 Å². The zero-order chi connectivity index (χ0) is 30.8. The summed E-state index contributed by atoms with van der Waals surface area (Å²) >= 11 is 0. The highest BCUT2D eigenvalue weighted by Crippen LogP contribution is 2.29. The van der Waals surface area contributed by atoms with Crippen LogP contribution in [-0.2, 0) is 23.7 Å². The summed E-state index contributed by atoms with van der Waals surface area (Å²) < 4.78 is 21.0. The molecule has 0 heterocycles. The first-order valence-electron chi connectivity index (χ1n) is 14.6. The van der Waals surface area contributed by atoms with Crippen LogP contribution in [0, 0.1) is 0 Å². The molecule has 0 aromatic heterocycles. The fraction of sp³-hybridized carbons (Fsp3) is 0.714. The summed E-state index contributed by atoms with van der Waals surface area (Å²) in [5, 5.41) is 12.2. The molecule has 1 rings (SSSR count). The molecule has 230 valence electrons. The molecule has 8 nitrogen and oxygen atoms in total. The maximum atomic E-state index is 12.5. The number of hydrogen-bond acceptors (Lipinski definition) is 5. The summed E-state index contributed by atoms with van der Waals surface area (Å²) in [5.74, 6) is -0.801. The first-order valence-corrected chi connectivity index (χ1v) is 26.8. The third-order valence-corrected chi connectivity index (χ3v) is 17.9. The molecule has 12 heteroatoms. The van der Waals surface area contributed by atoms with Crippen LogP contribution in [-0.4, -0.2) is 82.4 Å². The molecule has 0 radical (unpaired) electrons. The van der Waals surface area contributed by atoms with Crippen molar-refractivity contribution in [3.8, 4) is 0 Å². The summed E-state index contributed by atoms with van der Waals surface area (Å²) in [6.07, 6.45) is 4.23. The van der Waals surface area contributed by atoms with Gasteiger partial charge < -0.3 is 27.3 Å². The van der Waals surface area contributed by atoms with Crippen molar-refractivity contribution in [2.45, 2.75) is 104 Å². The number of aromatic carboxylic acids is 1. The molecule has 0 aliphatic rings. The number of rotatable bonds is 19. The van der Waals surface area contributed by atoms with Crippen LogP contribution in [0.3, 0.4) is 0 Å². The van der Waals surface area contributed by atoms with Crippen LogP contribution in [0.2, 0.25) is 65.0 Å². The van der Waals surface area contributed by atoms with E-state index >= 15 is 0 Å². The third-order valence-electron chi connectivity index (χ3n) is 5.85. The molecular formula is C28H57N2O6Si4+. The van der Waals surface area contributed by atoms with E-state index in [9.17, 15) is 9.59 Å². The largest absolute Gasteiger partial charge is 0.478 e. The lowest BCUT2D eigenvalue weighted by molar-refractivity contribution is -0.903. The number of carbonyl (C=O) groups excluding carboxylic acids is 1. The maximum absolute atomic E-state index is 12.5. The second kappa shape index (κ2) is 15.4. The van der Waals surface area contributed by atoms with Crippen molar-refractivity contribution >= 4 is 45.6 Å². The molecule has 0 unspecified atom stereocenters. The average Bonchev–Trinajstić information content (AvgIpc) is 2.73. The lowest BCUT2D eigenvalue weighted by Crippen LogP contribution is -2.60. The molecule has 1 aromatic carbocycles.